The Bertz CT molecular complexity index is 485. The molecule has 94 valence electrons. The fourth-order valence-electron chi connectivity index (χ4n) is 1.91. The van der Waals surface area contributed by atoms with Crippen molar-refractivity contribution in [3.8, 4) is 0 Å². The van der Waals surface area contributed by atoms with Gasteiger partial charge in [0.25, 0.3) is 0 Å². The summed E-state index contributed by atoms with van der Waals surface area (Å²) in [4.78, 5) is 0. The molecule has 2 aromatic rings. The maximum atomic E-state index is 8.92. The molecule has 2 aromatic carbocycles. The van der Waals surface area contributed by atoms with Gasteiger partial charge in [0.1, 0.15) is 6.10 Å². The van der Waals surface area contributed by atoms with Gasteiger partial charge in [-0.3, -0.25) is 0 Å². The number of nitrogen functional groups attached to an aromatic ring is 1. The molecule has 2 rings (SSSR count). The number of ether oxygens (including phenoxy) is 1. The number of para-hydroxylation sites is 1. The summed E-state index contributed by atoms with van der Waals surface area (Å²) in [6.45, 7) is 0.282. The minimum absolute atomic E-state index is 0.00390. The van der Waals surface area contributed by atoms with Crippen LogP contribution in [0.4, 0.5) is 5.69 Å². The van der Waals surface area contributed by atoms with Gasteiger partial charge >= 0.3 is 0 Å². The molecule has 0 saturated heterocycles. The lowest BCUT2D eigenvalue weighted by Gasteiger charge is -2.20. The van der Waals surface area contributed by atoms with Crippen molar-refractivity contribution >= 4 is 5.69 Å². The SMILES string of the molecule is Nc1ccccc1C(OCCO)c1ccccc1. The van der Waals surface area contributed by atoms with E-state index in [0.29, 0.717) is 5.69 Å². The van der Waals surface area contributed by atoms with Gasteiger partial charge in [0.15, 0.2) is 0 Å². The van der Waals surface area contributed by atoms with Gasteiger partial charge in [-0.15, -0.1) is 0 Å². The van der Waals surface area contributed by atoms with E-state index >= 15 is 0 Å². The second-order valence-corrected chi connectivity index (χ2v) is 4.01. The lowest BCUT2D eigenvalue weighted by molar-refractivity contribution is 0.0505. The predicted octanol–water partition coefficient (Wildman–Crippen LogP) is 2.37. The number of nitrogens with two attached hydrogens (primary N) is 1. The first-order valence-corrected chi connectivity index (χ1v) is 5.94. The fraction of sp³-hybridized carbons (Fsp3) is 0.200. The summed E-state index contributed by atoms with van der Waals surface area (Å²) in [5.41, 5.74) is 8.65. The Hall–Kier alpha value is -1.84. The van der Waals surface area contributed by atoms with E-state index in [2.05, 4.69) is 0 Å². The van der Waals surface area contributed by atoms with E-state index in [0.717, 1.165) is 11.1 Å². The maximum absolute atomic E-state index is 8.92. The van der Waals surface area contributed by atoms with E-state index in [9.17, 15) is 0 Å². The lowest BCUT2D eigenvalue weighted by atomic mass is 10.00. The van der Waals surface area contributed by atoms with Crippen LogP contribution in [0, 0.1) is 0 Å². The fourth-order valence-corrected chi connectivity index (χ4v) is 1.91. The first-order chi connectivity index (χ1) is 8.83. The van der Waals surface area contributed by atoms with Crippen LogP contribution < -0.4 is 5.73 Å². The molecule has 1 atom stereocenters. The molecule has 18 heavy (non-hydrogen) atoms. The van der Waals surface area contributed by atoms with E-state index < -0.39 is 0 Å². The highest BCUT2D eigenvalue weighted by molar-refractivity contribution is 5.50. The molecule has 0 aliphatic heterocycles. The Kier molecular flexibility index (Phi) is 4.34. The molecular formula is C15H17NO2. The molecule has 0 amide bonds. The van der Waals surface area contributed by atoms with Gasteiger partial charge in [-0.2, -0.15) is 0 Å². The van der Waals surface area contributed by atoms with Gasteiger partial charge in [0.05, 0.1) is 13.2 Å². The molecule has 0 radical (unpaired) electrons. The summed E-state index contributed by atoms with van der Waals surface area (Å²) < 4.78 is 5.71. The molecule has 0 fully saturated rings. The zero-order valence-corrected chi connectivity index (χ0v) is 10.1. The average Bonchev–Trinajstić information content (AvgIpc) is 2.42. The van der Waals surface area contributed by atoms with Gasteiger partial charge in [-0.05, 0) is 11.6 Å². The second kappa shape index (κ2) is 6.19. The summed E-state index contributed by atoms with van der Waals surface area (Å²) in [7, 11) is 0. The van der Waals surface area contributed by atoms with Crippen molar-refractivity contribution in [3.05, 3.63) is 65.7 Å². The van der Waals surface area contributed by atoms with Gasteiger partial charge in [0.2, 0.25) is 0 Å². The van der Waals surface area contributed by atoms with E-state index in [1.165, 1.54) is 0 Å². The largest absolute Gasteiger partial charge is 0.398 e. The van der Waals surface area contributed by atoms with E-state index in [1.54, 1.807) is 0 Å². The molecule has 3 nitrogen and oxygen atoms in total. The number of hydrogen-bond acceptors (Lipinski definition) is 3. The van der Waals surface area contributed by atoms with Crippen molar-refractivity contribution in [2.24, 2.45) is 0 Å². The molecule has 0 spiro atoms. The van der Waals surface area contributed by atoms with Crippen molar-refractivity contribution in [2.45, 2.75) is 6.10 Å². The maximum Gasteiger partial charge on any atom is 0.110 e. The van der Waals surface area contributed by atoms with Crippen LogP contribution in [-0.4, -0.2) is 18.3 Å². The summed E-state index contributed by atoms with van der Waals surface area (Å²) in [5, 5.41) is 8.92. The number of anilines is 1. The van der Waals surface area contributed by atoms with Crippen LogP contribution in [0.2, 0.25) is 0 Å². The Balaban J connectivity index is 2.34. The topological polar surface area (TPSA) is 55.5 Å². The van der Waals surface area contributed by atoms with E-state index in [4.69, 9.17) is 15.6 Å². The van der Waals surface area contributed by atoms with Crippen LogP contribution in [0.25, 0.3) is 0 Å². The number of aliphatic hydroxyl groups excluding tert-OH is 1. The monoisotopic (exact) mass is 243 g/mol. The third-order valence-electron chi connectivity index (χ3n) is 2.76. The Morgan fingerprint density at radius 3 is 2.33 bits per heavy atom. The third kappa shape index (κ3) is 2.88. The highest BCUT2D eigenvalue weighted by Crippen LogP contribution is 2.29. The first-order valence-electron chi connectivity index (χ1n) is 5.94. The minimum atomic E-state index is -0.237. The van der Waals surface area contributed by atoms with Crippen molar-refractivity contribution in [3.63, 3.8) is 0 Å². The van der Waals surface area contributed by atoms with Crippen LogP contribution in [0.3, 0.4) is 0 Å². The normalized spacial score (nSPS) is 12.3. The average molecular weight is 243 g/mol. The van der Waals surface area contributed by atoms with Gasteiger partial charge in [0, 0.05) is 11.3 Å². The van der Waals surface area contributed by atoms with Crippen molar-refractivity contribution in [2.75, 3.05) is 18.9 Å². The second-order valence-electron chi connectivity index (χ2n) is 4.01. The van der Waals surface area contributed by atoms with Crippen LogP contribution in [0.1, 0.15) is 17.2 Å². The van der Waals surface area contributed by atoms with E-state index in [1.807, 2.05) is 54.6 Å². The molecule has 1 unspecified atom stereocenters. The standard InChI is InChI=1S/C15H17NO2/c16-14-9-5-4-8-13(14)15(18-11-10-17)12-6-2-1-3-7-12/h1-9,15,17H,10-11,16H2. The van der Waals surface area contributed by atoms with Crippen LogP contribution in [0.15, 0.2) is 54.6 Å². The molecule has 3 heteroatoms. The first kappa shape index (κ1) is 12.6. The Labute approximate surface area is 107 Å². The van der Waals surface area contributed by atoms with Crippen molar-refractivity contribution in [1.29, 1.82) is 0 Å². The summed E-state index contributed by atoms with van der Waals surface area (Å²) >= 11 is 0. The molecule has 0 bridgehead atoms. The highest BCUT2D eigenvalue weighted by atomic mass is 16.5. The van der Waals surface area contributed by atoms with Gasteiger partial charge in [-0.1, -0.05) is 48.5 Å². The number of hydrogen-bond donors (Lipinski definition) is 2. The Morgan fingerprint density at radius 2 is 1.67 bits per heavy atom. The minimum Gasteiger partial charge on any atom is -0.398 e. The quantitative estimate of drug-likeness (QED) is 0.793. The molecule has 0 heterocycles. The van der Waals surface area contributed by atoms with Crippen molar-refractivity contribution in [1.82, 2.24) is 0 Å². The van der Waals surface area contributed by atoms with E-state index in [-0.39, 0.29) is 19.3 Å². The summed E-state index contributed by atoms with van der Waals surface area (Å²) in [6.07, 6.45) is -0.237. The smallest absolute Gasteiger partial charge is 0.110 e. The van der Waals surface area contributed by atoms with Gasteiger partial charge in [-0.25, -0.2) is 0 Å². The zero-order chi connectivity index (χ0) is 12.8. The number of aliphatic hydroxyl groups is 1. The number of benzene rings is 2. The molecule has 0 aliphatic rings. The van der Waals surface area contributed by atoms with Crippen molar-refractivity contribution < 1.29 is 9.84 Å². The molecular weight excluding hydrogens is 226 g/mol. The third-order valence-corrected chi connectivity index (χ3v) is 2.76. The molecule has 0 saturated carbocycles. The Morgan fingerprint density at radius 1 is 1.00 bits per heavy atom. The zero-order valence-electron chi connectivity index (χ0n) is 10.1. The summed E-state index contributed by atoms with van der Waals surface area (Å²) in [5.74, 6) is 0. The molecule has 0 aromatic heterocycles. The van der Waals surface area contributed by atoms with Crippen LogP contribution >= 0.6 is 0 Å². The lowest BCUT2D eigenvalue weighted by Crippen LogP contribution is -2.11. The van der Waals surface area contributed by atoms with Gasteiger partial charge < -0.3 is 15.6 Å². The summed E-state index contributed by atoms with van der Waals surface area (Å²) in [6, 6.07) is 17.5. The highest BCUT2D eigenvalue weighted by Gasteiger charge is 2.16. The molecule has 3 N–H and O–H groups in total. The number of rotatable bonds is 5. The predicted molar refractivity (Wildman–Crippen MR) is 72.2 cm³/mol. The van der Waals surface area contributed by atoms with Crippen LogP contribution in [-0.2, 0) is 4.74 Å². The molecule has 0 aliphatic carbocycles. The van der Waals surface area contributed by atoms with Crippen LogP contribution in [0.5, 0.6) is 0 Å².